The van der Waals surface area contributed by atoms with Crippen molar-refractivity contribution >= 4 is 34.2 Å². The van der Waals surface area contributed by atoms with E-state index in [0.29, 0.717) is 11.0 Å². The number of halogens is 3. The van der Waals surface area contributed by atoms with Crippen molar-refractivity contribution in [2.24, 2.45) is 0 Å². The molecule has 6 heteroatoms. The molecule has 2 rings (SSSR count). The molecule has 1 aliphatic heterocycles. The van der Waals surface area contributed by atoms with Gasteiger partial charge in [0.25, 0.3) is 0 Å². The quantitative estimate of drug-likeness (QED) is 0.889. The van der Waals surface area contributed by atoms with E-state index < -0.39 is 0 Å². The summed E-state index contributed by atoms with van der Waals surface area (Å²) in [6, 6.07) is 4.38. The molecule has 0 aromatic heterocycles. The van der Waals surface area contributed by atoms with Crippen molar-refractivity contribution in [3.63, 3.8) is 0 Å². The van der Waals surface area contributed by atoms with Crippen molar-refractivity contribution < 1.29 is 9.18 Å². The molecule has 0 radical (unpaired) electrons. The third kappa shape index (κ3) is 3.93. The minimum Gasteiger partial charge on any atom is -0.351 e. The predicted octanol–water partition coefficient (Wildman–Crippen LogP) is 2.38. The monoisotopic (exact) mass is 336 g/mol. The molecule has 0 spiro atoms. The smallest absolute Gasteiger partial charge is 0.237 e. The molecule has 0 saturated carbocycles. The maximum atomic E-state index is 12.9. The van der Waals surface area contributed by atoms with Crippen LogP contribution in [0.15, 0.2) is 22.7 Å². The fraction of sp³-hybridized carbons (Fsp3) is 0.417. The number of rotatable bonds is 3. The highest BCUT2D eigenvalue weighted by Crippen LogP contribution is 2.17. The van der Waals surface area contributed by atoms with E-state index in [9.17, 15) is 9.18 Å². The van der Waals surface area contributed by atoms with Crippen LogP contribution in [-0.4, -0.2) is 18.5 Å². The fourth-order valence-corrected chi connectivity index (χ4v) is 2.37. The third-order valence-corrected chi connectivity index (χ3v) is 3.58. The summed E-state index contributed by atoms with van der Waals surface area (Å²) >= 11 is 3.27. The molecule has 3 nitrogen and oxygen atoms in total. The number of amides is 1. The van der Waals surface area contributed by atoms with Gasteiger partial charge >= 0.3 is 0 Å². The molecule has 1 amide bonds. The topological polar surface area (TPSA) is 41.1 Å². The number of benzene rings is 1. The molecule has 1 atom stereocenters. The standard InChI is InChI=1S/C12H14BrFN2O.ClH/c13-10-6-9(14)4-3-8(10)7-16-12(17)11-2-1-5-15-11;/h3-4,6,11,15H,1-2,5,7H2,(H,16,17);1H. The number of carbonyl (C=O) groups is 1. The molecule has 100 valence electrons. The second kappa shape index (κ2) is 7.07. The summed E-state index contributed by atoms with van der Waals surface area (Å²) in [4.78, 5) is 11.7. The summed E-state index contributed by atoms with van der Waals surface area (Å²) in [5.41, 5.74) is 0.873. The Kier molecular flexibility index (Phi) is 6.05. The number of carbonyl (C=O) groups excluding carboxylic acids is 1. The third-order valence-electron chi connectivity index (χ3n) is 2.84. The molecule has 2 N–H and O–H groups in total. The van der Waals surface area contributed by atoms with Crippen molar-refractivity contribution in [2.45, 2.75) is 25.4 Å². The highest BCUT2D eigenvalue weighted by atomic mass is 79.9. The molecule has 1 aromatic rings. The maximum absolute atomic E-state index is 12.9. The molecular formula is C12H15BrClFN2O. The van der Waals surface area contributed by atoms with Gasteiger partial charge in [0.15, 0.2) is 0 Å². The van der Waals surface area contributed by atoms with Crippen LogP contribution in [0.4, 0.5) is 4.39 Å². The zero-order chi connectivity index (χ0) is 12.3. The summed E-state index contributed by atoms with van der Waals surface area (Å²) < 4.78 is 13.5. The lowest BCUT2D eigenvalue weighted by molar-refractivity contribution is -0.122. The molecule has 1 fully saturated rings. The molecule has 1 unspecified atom stereocenters. The Labute approximate surface area is 120 Å². The number of nitrogens with one attached hydrogen (secondary N) is 2. The van der Waals surface area contributed by atoms with E-state index in [-0.39, 0.29) is 30.2 Å². The molecular weight excluding hydrogens is 323 g/mol. The largest absolute Gasteiger partial charge is 0.351 e. The van der Waals surface area contributed by atoms with Crippen molar-refractivity contribution in [1.29, 1.82) is 0 Å². The summed E-state index contributed by atoms with van der Waals surface area (Å²) in [6.45, 7) is 1.32. The first-order chi connectivity index (χ1) is 8.16. The van der Waals surface area contributed by atoms with E-state index >= 15 is 0 Å². The van der Waals surface area contributed by atoms with Crippen LogP contribution in [0.5, 0.6) is 0 Å². The van der Waals surface area contributed by atoms with Gasteiger partial charge < -0.3 is 10.6 Å². The van der Waals surface area contributed by atoms with Crippen LogP contribution in [0.1, 0.15) is 18.4 Å². The highest BCUT2D eigenvalue weighted by molar-refractivity contribution is 9.10. The van der Waals surface area contributed by atoms with Crippen molar-refractivity contribution in [3.8, 4) is 0 Å². The van der Waals surface area contributed by atoms with Gasteiger partial charge in [-0.1, -0.05) is 22.0 Å². The van der Waals surface area contributed by atoms with Gasteiger partial charge in [0, 0.05) is 11.0 Å². The normalized spacial score (nSPS) is 18.2. The van der Waals surface area contributed by atoms with Gasteiger partial charge in [0.2, 0.25) is 5.91 Å². The minimum absolute atomic E-state index is 0. The molecule has 0 bridgehead atoms. The average molecular weight is 338 g/mol. The summed E-state index contributed by atoms with van der Waals surface area (Å²) in [6.07, 6.45) is 1.93. The summed E-state index contributed by atoms with van der Waals surface area (Å²) in [5.74, 6) is -0.275. The summed E-state index contributed by atoms with van der Waals surface area (Å²) in [7, 11) is 0. The molecule has 0 aliphatic carbocycles. The van der Waals surface area contributed by atoms with E-state index in [2.05, 4.69) is 26.6 Å². The zero-order valence-electron chi connectivity index (χ0n) is 9.71. The Morgan fingerprint density at radius 1 is 1.56 bits per heavy atom. The Morgan fingerprint density at radius 2 is 2.33 bits per heavy atom. The van der Waals surface area contributed by atoms with Gasteiger partial charge in [-0.15, -0.1) is 12.4 Å². The van der Waals surface area contributed by atoms with Crippen molar-refractivity contribution in [1.82, 2.24) is 10.6 Å². The minimum atomic E-state index is -0.288. The second-order valence-corrected chi connectivity index (χ2v) is 4.96. The van der Waals surface area contributed by atoms with Crippen LogP contribution < -0.4 is 10.6 Å². The van der Waals surface area contributed by atoms with E-state index in [1.807, 2.05) is 0 Å². The molecule has 1 aliphatic rings. The molecule has 1 saturated heterocycles. The van der Waals surface area contributed by atoms with E-state index in [4.69, 9.17) is 0 Å². The van der Waals surface area contributed by atoms with Crippen LogP contribution in [0.3, 0.4) is 0 Å². The SMILES string of the molecule is Cl.O=C(NCc1ccc(F)cc1Br)C1CCCN1. The lowest BCUT2D eigenvalue weighted by Gasteiger charge is -2.11. The van der Waals surface area contributed by atoms with Crippen LogP contribution in [0.25, 0.3) is 0 Å². The van der Waals surface area contributed by atoms with Crippen LogP contribution in [-0.2, 0) is 11.3 Å². The Balaban J connectivity index is 0.00000162. The zero-order valence-corrected chi connectivity index (χ0v) is 12.1. The molecule has 18 heavy (non-hydrogen) atoms. The first kappa shape index (κ1) is 15.4. The van der Waals surface area contributed by atoms with Crippen LogP contribution >= 0.6 is 28.3 Å². The molecule has 1 heterocycles. The first-order valence-electron chi connectivity index (χ1n) is 5.62. The Morgan fingerprint density at radius 3 is 2.94 bits per heavy atom. The van der Waals surface area contributed by atoms with E-state index in [0.717, 1.165) is 24.9 Å². The molecule has 1 aromatic carbocycles. The van der Waals surface area contributed by atoms with Crippen molar-refractivity contribution in [3.05, 3.63) is 34.1 Å². The average Bonchev–Trinajstić information content (AvgIpc) is 2.81. The number of hydrogen-bond donors (Lipinski definition) is 2. The lowest BCUT2D eigenvalue weighted by Crippen LogP contribution is -2.40. The second-order valence-electron chi connectivity index (χ2n) is 4.10. The van der Waals surface area contributed by atoms with Gasteiger partial charge in [0.05, 0.1) is 6.04 Å². The van der Waals surface area contributed by atoms with Gasteiger partial charge in [-0.25, -0.2) is 4.39 Å². The lowest BCUT2D eigenvalue weighted by atomic mass is 10.2. The first-order valence-corrected chi connectivity index (χ1v) is 6.41. The maximum Gasteiger partial charge on any atom is 0.237 e. The van der Waals surface area contributed by atoms with Crippen LogP contribution in [0, 0.1) is 5.82 Å². The van der Waals surface area contributed by atoms with Gasteiger partial charge in [-0.3, -0.25) is 4.79 Å². The Hall–Kier alpha value is -0.650. The Bertz CT molecular complexity index is 425. The van der Waals surface area contributed by atoms with Crippen molar-refractivity contribution in [2.75, 3.05) is 6.54 Å². The highest BCUT2D eigenvalue weighted by Gasteiger charge is 2.21. The fourth-order valence-electron chi connectivity index (χ4n) is 1.88. The van der Waals surface area contributed by atoms with Gasteiger partial charge in [0.1, 0.15) is 5.82 Å². The summed E-state index contributed by atoms with van der Waals surface area (Å²) in [5, 5.41) is 5.98. The van der Waals surface area contributed by atoms with Crippen LogP contribution in [0.2, 0.25) is 0 Å². The van der Waals surface area contributed by atoms with Gasteiger partial charge in [-0.2, -0.15) is 0 Å². The van der Waals surface area contributed by atoms with Gasteiger partial charge in [-0.05, 0) is 37.1 Å². The van der Waals surface area contributed by atoms with E-state index in [1.165, 1.54) is 12.1 Å². The number of hydrogen-bond acceptors (Lipinski definition) is 2. The van der Waals surface area contributed by atoms with E-state index in [1.54, 1.807) is 6.07 Å². The predicted molar refractivity (Wildman–Crippen MR) is 74.2 cm³/mol.